The minimum Gasteiger partial charge on any atom is -0.496 e. The standard InChI is InChI=1S/C23H30N2O3/c1-19-9-11-21(12-10-19)28-18-23(26)25-16-14-24(15-17-25)13-5-7-20-6-3-4-8-22(20)27-2/h3-4,6,8-12H,5,7,13-18H2,1-2H3. The number of carbonyl (C=O) groups is 1. The summed E-state index contributed by atoms with van der Waals surface area (Å²) in [6.45, 7) is 6.56. The number of hydrogen-bond donors (Lipinski definition) is 0. The summed E-state index contributed by atoms with van der Waals surface area (Å²) in [5.74, 6) is 1.77. The van der Waals surface area contributed by atoms with Gasteiger partial charge in [-0.3, -0.25) is 9.69 Å². The van der Waals surface area contributed by atoms with Gasteiger partial charge in [0.1, 0.15) is 11.5 Å². The zero-order valence-corrected chi connectivity index (χ0v) is 16.9. The van der Waals surface area contributed by atoms with E-state index in [2.05, 4.69) is 17.0 Å². The van der Waals surface area contributed by atoms with E-state index in [9.17, 15) is 4.79 Å². The third-order valence-electron chi connectivity index (χ3n) is 5.22. The Labute approximate surface area is 167 Å². The fourth-order valence-corrected chi connectivity index (χ4v) is 3.49. The molecule has 1 fully saturated rings. The molecule has 0 atom stereocenters. The first-order chi connectivity index (χ1) is 13.7. The summed E-state index contributed by atoms with van der Waals surface area (Å²) in [7, 11) is 1.72. The Morgan fingerprint density at radius 2 is 1.71 bits per heavy atom. The van der Waals surface area contributed by atoms with Crippen molar-refractivity contribution in [1.29, 1.82) is 0 Å². The molecule has 3 rings (SSSR count). The van der Waals surface area contributed by atoms with E-state index in [1.54, 1.807) is 7.11 Å². The van der Waals surface area contributed by atoms with Crippen molar-refractivity contribution in [3.05, 3.63) is 59.7 Å². The van der Waals surface area contributed by atoms with Gasteiger partial charge in [0.25, 0.3) is 5.91 Å². The average Bonchev–Trinajstić information content (AvgIpc) is 2.74. The molecule has 0 saturated carbocycles. The molecule has 1 heterocycles. The van der Waals surface area contributed by atoms with Crippen molar-refractivity contribution in [2.45, 2.75) is 19.8 Å². The molecule has 2 aromatic carbocycles. The Morgan fingerprint density at radius 3 is 2.43 bits per heavy atom. The number of rotatable bonds is 8. The van der Waals surface area contributed by atoms with E-state index in [1.807, 2.05) is 48.2 Å². The van der Waals surface area contributed by atoms with Crippen LogP contribution >= 0.6 is 0 Å². The molecule has 0 aliphatic carbocycles. The van der Waals surface area contributed by atoms with Crippen molar-refractivity contribution in [3.63, 3.8) is 0 Å². The zero-order valence-electron chi connectivity index (χ0n) is 16.9. The quantitative estimate of drug-likeness (QED) is 0.703. The van der Waals surface area contributed by atoms with Gasteiger partial charge in [-0.1, -0.05) is 35.9 Å². The van der Waals surface area contributed by atoms with Crippen molar-refractivity contribution in [1.82, 2.24) is 9.80 Å². The lowest BCUT2D eigenvalue weighted by atomic mass is 10.1. The van der Waals surface area contributed by atoms with Crippen molar-refractivity contribution in [2.75, 3.05) is 46.4 Å². The molecule has 0 spiro atoms. The molecular formula is C23H30N2O3. The molecule has 0 radical (unpaired) electrons. The molecule has 0 aromatic heterocycles. The molecule has 1 amide bonds. The molecule has 5 nitrogen and oxygen atoms in total. The average molecular weight is 383 g/mol. The van der Waals surface area contributed by atoms with E-state index < -0.39 is 0 Å². The van der Waals surface area contributed by atoms with E-state index in [0.717, 1.165) is 57.1 Å². The van der Waals surface area contributed by atoms with Crippen LogP contribution < -0.4 is 9.47 Å². The maximum atomic E-state index is 12.4. The number of amides is 1. The van der Waals surface area contributed by atoms with E-state index in [1.165, 1.54) is 11.1 Å². The Morgan fingerprint density at radius 1 is 1.00 bits per heavy atom. The van der Waals surface area contributed by atoms with Crippen molar-refractivity contribution in [3.8, 4) is 11.5 Å². The van der Waals surface area contributed by atoms with Crippen molar-refractivity contribution >= 4 is 5.91 Å². The number of piperazine rings is 1. The van der Waals surface area contributed by atoms with Crippen LogP contribution in [0, 0.1) is 6.92 Å². The number of aryl methyl sites for hydroxylation is 2. The molecule has 150 valence electrons. The predicted octanol–water partition coefficient (Wildman–Crippen LogP) is 3.16. The second-order valence-corrected chi connectivity index (χ2v) is 7.24. The van der Waals surface area contributed by atoms with Crippen molar-refractivity contribution in [2.24, 2.45) is 0 Å². The number of hydrogen-bond acceptors (Lipinski definition) is 4. The predicted molar refractivity (Wildman–Crippen MR) is 111 cm³/mol. The van der Waals surface area contributed by atoms with E-state index in [-0.39, 0.29) is 12.5 Å². The number of para-hydroxylation sites is 1. The molecule has 0 bridgehead atoms. The first-order valence-corrected chi connectivity index (χ1v) is 9.97. The minimum atomic E-state index is 0.0641. The Hall–Kier alpha value is -2.53. The maximum Gasteiger partial charge on any atom is 0.260 e. The normalized spacial score (nSPS) is 14.7. The van der Waals surface area contributed by atoms with Gasteiger partial charge in [-0.15, -0.1) is 0 Å². The summed E-state index contributed by atoms with van der Waals surface area (Å²) >= 11 is 0. The first kappa shape index (κ1) is 20.2. The highest BCUT2D eigenvalue weighted by Crippen LogP contribution is 2.19. The first-order valence-electron chi connectivity index (χ1n) is 9.97. The number of ether oxygens (including phenoxy) is 2. The molecule has 1 aliphatic heterocycles. The highest BCUT2D eigenvalue weighted by molar-refractivity contribution is 5.77. The number of nitrogens with zero attached hydrogens (tertiary/aromatic N) is 2. The second-order valence-electron chi connectivity index (χ2n) is 7.24. The molecular weight excluding hydrogens is 352 g/mol. The number of methoxy groups -OCH3 is 1. The van der Waals surface area contributed by atoms with E-state index in [4.69, 9.17) is 9.47 Å². The van der Waals surface area contributed by atoms with Gasteiger partial charge in [0.15, 0.2) is 6.61 Å². The van der Waals surface area contributed by atoms with Gasteiger partial charge in [0.2, 0.25) is 0 Å². The van der Waals surface area contributed by atoms with Crippen LogP contribution in [0.5, 0.6) is 11.5 Å². The highest BCUT2D eigenvalue weighted by atomic mass is 16.5. The van der Waals surface area contributed by atoms with Crippen LogP contribution in [0.3, 0.4) is 0 Å². The fourth-order valence-electron chi connectivity index (χ4n) is 3.49. The number of benzene rings is 2. The summed E-state index contributed by atoms with van der Waals surface area (Å²) in [6, 6.07) is 16.0. The van der Waals surface area contributed by atoms with Gasteiger partial charge in [-0.05, 0) is 50.1 Å². The summed E-state index contributed by atoms with van der Waals surface area (Å²) in [4.78, 5) is 16.7. The maximum absolute atomic E-state index is 12.4. The molecule has 0 unspecified atom stereocenters. The van der Waals surface area contributed by atoms with Crippen LogP contribution in [0.4, 0.5) is 0 Å². The van der Waals surface area contributed by atoms with E-state index in [0.29, 0.717) is 0 Å². The zero-order chi connectivity index (χ0) is 19.8. The molecule has 0 N–H and O–H groups in total. The van der Waals surface area contributed by atoms with Crippen LogP contribution in [0.1, 0.15) is 17.5 Å². The molecule has 1 aliphatic rings. The van der Waals surface area contributed by atoms with E-state index >= 15 is 0 Å². The van der Waals surface area contributed by atoms with Gasteiger partial charge < -0.3 is 14.4 Å². The third kappa shape index (κ3) is 5.73. The Kier molecular flexibility index (Phi) is 7.31. The molecule has 1 saturated heterocycles. The van der Waals surface area contributed by atoms with Gasteiger partial charge in [0.05, 0.1) is 7.11 Å². The van der Waals surface area contributed by atoms with Crippen LogP contribution in [-0.4, -0.2) is 62.1 Å². The number of carbonyl (C=O) groups excluding carboxylic acids is 1. The summed E-state index contributed by atoms with van der Waals surface area (Å²) in [5, 5.41) is 0. The smallest absolute Gasteiger partial charge is 0.260 e. The van der Waals surface area contributed by atoms with Gasteiger partial charge >= 0.3 is 0 Å². The SMILES string of the molecule is COc1ccccc1CCCN1CCN(C(=O)COc2ccc(C)cc2)CC1. The minimum absolute atomic E-state index is 0.0641. The molecule has 5 heteroatoms. The topological polar surface area (TPSA) is 42.0 Å². The van der Waals surface area contributed by atoms with Gasteiger partial charge in [-0.25, -0.2) is 0 Å². The Bertz CT molecular complexity index is 753. The van der Waals surface area contributed by atoms with Crippen LogP contribution in [0.25, 0.3) is 0 Å². The third-order valence-corrected chi connectivity index (χ3v) is 5.22. The lowest BCUT2D eigenvalue weighted by Crippen LogP contribution is -2.50. The van der Waals surface area contributed by atoms with Gasteiger partial charge in [0, 0.05) is 26.2 Å². The van der Waals surface area contributed by atoms with Crippen LogP contribution in [0.2, 0.25) is 0 Å². The second kappa shape index (κ2) is 10.1. The lowest BCUT2D eigenvalue weighted by molar-refractivity contribution is -0.135. The van der Waals surface area contributed by atoms with Crippen LogP contribution in [-0.2, 0) is 11.2 Å². The highest BCUT2D eigenvalue weighted by Gasteiger charge is 2.21. The summed E-state index contributed by atoms with van der Waals surface area (Å²) in [6.07, 6.45) is 2.10. The molecule has 28 heavy (non-hydrogen) atoms. The fraction of sp³-hybridized carbons (Fsp3) is 0.435. The van der Waals surface area contributed by atoms with Gasteiger partial charge in [-0.2, -0.15) is 0 Å². The lowest BCUT2D eigenvalue weighted by Gasteiger charge is -2.34. The Balaban J connectivity index is 1.35. The van der Waals surface area contributed by atoms with Crippen molar-refractivity contribution < 1.29 is 14.3 Å². The largest absolute Gasteiger partial charge is 0.496 e. The molecule has 2 aromatic rings. The summed E-state index contributed by atoms with van der Waals surface area (Å²) < 4.78 is 11.0. The summed E-state index contributed by atoms with van der Waals surface area (Å²) in [5.41, 5.74) is 2.44. The monoisotopic (exact) mass is 382 g/mol. The van der Waals surface area contributed by atoms with Crippen LogP contribution in [0.15, 0.2) is 48.5 Å².